The van der Waals surface area contributed by atoms with Crippen LogP contribution in [0.4, 0.5) is 5.69 Å². The normalized spacial score (nSPS) is 20.7. The Hall–Kier alpha value is -2.92. The zero-order valence-corrected chi connectivity index (χ0v) is 17.4. The van der Waals surface area contributed by atoms with Crippen molar-refractivity contribution in [2.45, 2.75) is 12.5 Å². The highest BCUT2D eigenvalue weighted by atomic mass is 35.5. The molecule has 1 aliphatic rings. The molecule has 154 valence electrons. The van der Waals surface area contributed by atoms with Crippen molar-refractivity contribution in [3.63, 3.8) is 0 Å². The third-order valence-electron chi connectivity index (χ3n) is 4.49. The molecular weight excluding hydrogens is 420 g/mol. The smallest absolute Gasteiger partial charge is 0.275 e. The molecule has 1 aromatic heterocycles. The molecule has 1 saturated heterocycles. The summed E-state index contributed by atoms with van der Waals surface area (Å²) in [4.78, 5) is 20.3. The second kappa shape index (κ2) is 7.48. The zero-order valence-electron chi connectivity index (χ0n) is 15.9. The van der Waals surface area contributed by atoms with Gasteiger partial charge in [0.15, 0.2) is 0 Å². The number of amides is 1. The van der Waals surface area contributed by atoms with Gasteiger partial charge in [-0.25, -0.2) is 22.7 Å². The number of sulfonamides is 1. The molecular formula is C17H19ClN6O4S. The van der Waals surface area contributed by atoms with Crippen molar-refractivity contribution in [3.05, 3.63) is 46.9 Å². The Balaban J connectivity index is 1.90. The van der Waals surface area contributed by atoms with E-state index in [-0.39, 0.29) is 23.3 Å². The number of aromatic nitrogens is 2. The van der Waals surface area contributed by atoms with E-state index in [1.54, 1.807) is 25.1 Å². The summed E-state index contributed by atoms with van der Waals surface area (Å²) in [6.07, 6.45) is 2.60. The molecule has 3 N–H and O–H groups in total. The minimum absolute atomic E-state index is 0.0790. The lowest BCUT2D eigenvalue weighted by atomic mass is 9.93. The van der Waals surface area contributed by atoms with Crippen molar-refractivity contribution in [2.24, 2.45) is 0 Å². The first kappa shape index (κ1) is 20.8. The Labute approximate surface area is 172 Å². The van der Waals surface area contributed by atoms with Gasteiger partial charge in [-0.3, -0.25) is 10.2 Å². The summed E-state index contributed by atoms with van der Waals surface area (Å²) in [6.45, 7) is 1.63. The predicted octanol–water partition coefficient (Wildman–Crippen LogP) is 1.41. The van der Waals surface area contributed by atoms with E-state index in [2.05, 4.69) is 20.6 Å². The Kier molecular flexibility index (Phi) is 5.37. The lowest BCUT2D eigenvalue weighted by Gasteiger charge is -2.40. The van der Waals surface area contributed by atoms with Gasteiger partial charge >= 0.3 is 0 Å². The van der Waals surface area contributed by atoms with Gasteiger partial charge in [-0.05, 0) is 30.7 Å². The quantitative estimate of drug-likeness (QED) is 0.656. The van der Waals surface area contributed by atoms with Crippen LogP contribution in [0.3, 0.4) is 0 Å². The van der Waals surface area contributed by atoms with Gasteiger partial charge < -0.3 is 15.4 Å². The van der Waals surface area contributed by atoms with Crippen LogP contribution in [0.15, 0.2) is 30.6 Å². The van der Waals surface area contributed by atoms with Gasteiger partial charge in [0, 0.05) is 17.8 Å². The first-order valence-corrected chi connectivity index (χ1v) is 10.4. The van der Waals surface area contributed by atoms with Gasteiger partial charge in [0.25, 0.3) is 5.91 Å². The van der Waals surface area contributed by atoms with Crippen LogP contribution in [-0.4, -0.2) is 54.5 Å². The molecule has 3 rings (SSSR count). The van der Waals surface area contributed by atoms with E-state index in [1.807, 2.05) is 0 Å². The largest absolute Gasteiger partial charge is 0.480 e. The second-order valence-electron chi connectivity index (χ2n) is 6.62. The van der Waals surface area contributed by atoms with Gasteiger partial charge in [-0.1, -0.05) is 11.6 Å². The van der Waals surface area contributed by atoms with Gasteiger partial charge in [0.2, 0.25) is 21.9 Å². The number of anilines is 1. The monoisotopic (exact) mass is 438 g/mol. The minimum Gasteiger partial charge on any atom is -0.480 e. The van der Waals surface area contributed by atoms with Gasteiger partial charge in [0.05, 0.1) is 30.8 Å². The number of ether oxygens (including phenoxy) is 1. The number of methoxy groups -OCH3 is 1. The highest BCUT2D eigenvalue weighted by Crippen LogP contribution is 2.34. The molecule has 0 radical (unpaired) electrons. The van der Waals surface area contributed by atoms with E-state index in [9.17, 15) is 13.2 Å². The molecule has 0 bridgehead atoms. The van der Waals surface area contributed by atoms with E-state index in [0.29, 0.717) is 16.3 Å². The molecule has 1 aliphatic heterocycles. The summed E-state index contributed by atoms with van der Waals surface area (Å²) in [6, 6.07) is 4.70. The van der Waals surface area contributed by atoms with E-state index >= 15 is 0 Å². The maximum atomic E-state index is 12.4. The SMILES string of the molecule is COc1cnc(C(=O)Nc2ccc(Cl)c([C@]3(C)CS(=O)(=O)N(C)C(=N)N3)c2)cn1. The fraction of sp³-hybridized carbons (Fsp3) is 0.294. The molecule has 1 amide bonds. The average Bonchev–Trinajstić information content (AvgIpc) is 2.67. The second-order valence-corrected chi connectivity index (χ2v) is 9.03. The van der Waals surface area contributed by atoms with Crippen molar-refractivity contribution in [1.29, 1.82) is 5.41 Å². The fourth-order valence-corrected chi connectivity index (χ4v) is 4.68. The highest BCUT2D eigenvalue weighted by molar-refractivity contribution is 7.89. The summed E-state index contributed by atoms with van der Waals surface area (Å²) >= 11 is 6.32. The van der Waals surface area contributed by atoms with Crippen molar-refractivity contribution in [3.8, 4) is 5.88 Å². The van der Waals surface area contributed by atoms with E-state index in [1.165, 1.54) is 26.6 Å². The van der Waals surface area contributed by atoms with Crippen LogP contribution in [-0.2, 0) is 15.6 Å². The van der Waals surface area contributed by atoms with Crippen LogP contribution < -0.4 is 15.4 Å². The standard InChI is InChI=1S/C17H19ClN6O4S/c1-17(9-29(26,27)24(2)16(19)23-17)11-6-10(4-5-12(11)18)22-15(25)13-7-21-14(28-3)8-20-13/h4-8H,9H2,1-3H3,(H2,19,23)(H,22,25)/t17-/m0/s1. The Morgan fingerprint density at radius 3 is 2.69 bits per heavy atom. The molecule has 2 aromatic rings. The van der Waals surface area contributed by atoms with Crippen LogP contribution in [0.1, 0.15) is 23.0 Å². The first-order valence-electron chi connectivity index (χ1n) is 8.36. The van der Waals surface area contributed by atoms with Crippen molar-refractivity contribution in [1.82, 2.24) is 19.6 Å². The number of nitrogens with one attached hydrogen (secondary N) is 3. The summed E-state index contributed by atoms with van der Waals surface area (Å²) < 4.78 is 30.6. The number of carbonyl (C=O) groups is 1. The molecule has 0 aliphatic carbocycles. The number of guanidine groups is 1. The molecule has 0 unspecified atom stereocenters. The number of nitrogens with zero attached hydrogens (tertiary/aromatic N) is 3. The summed E-state index contributed by atoms with van der Waals surface area (Å²) in [7, 11) is -0.954. The molecule has 12 heteroatoms. The number of hydrogen-bond acceptors (Lipinski definition) is 7. The summed E-state index contributed by atoms with van der Waals surface area (Å²) in [5.41, 5.74) is -0.257. The molecule has 1 aromatic carbocycles. The lowest BCUT2D eigenvalue weighted by Crippen LogP contribution is -2.60. The highest BCUT2D eigenvalue weighted by Gasteiger charge is 2.43. The summed E-state index contributed by atoms with van der Waals surface area (Å²) in [5.74, 6) is -0.798. The van der Waals surface area contributed by atoms with Crippen LogP contribution in [0.5, 0.6) is 5.88 Å². The maximum absolute atomic E-state index is 12.4. The lowest BCUT2D eigenvalue weighted by molar-refractivity contribution is 0.102. The first-order chi connectivity index (χ1) is 13.6. The number of carbonyl (C=O) groups excluding carboxylic acids is 1. The molecule has 1 fully saturated rings. The van der Waals surface area contributed by atoms with Crippen LogP contribution in [0.25, 0.3) is 0 Å². The van der Waals surface area contributed by atoms with Gasteiger partial charge in [-0.2, -0.15) is 0 Å². The number of rotatable bonds is 4. The Bertz CT molecular complexity index is 1080. The van der Waals surface area contributed by atoms with Crippen molar-refractivity contribution >= 4 is 39.2 Å². The third kappa shape index (κ3) is 4.10. The van der Waals surface area contributed by atoms with E-state index in [0.717, 1.165) is 4.31 Å². The topological polar surface area (TPSA) is 137 Å². The van der Waals surface area contributed by atoms with Crippen LogP contribution >= 0.6 is 11.6 Å². The van der Waals surface area contributed by atoms with Crippen LogP contribution in [0.2, 0.25) is 5.02 Å². The predicted molar refractivity (Wildman–Crippen MR) is 108 cm³/mol. The van der Waals surface area contributed by atoms with Crippen molar-refractivity contribution in [2.75, 3.05) is 25.2 Å². The number of benzene rings is 1. The number of hydrogen-bond donors (Lipinski definition) is 3. The Morgan fingerprint density at radius 1 is 1.38 bits per heavy atom. The molecule has 0 spiro atoms. The third-order valence-corrected chi connectivity index (χ3v) is 6.77. The van der Waals surface area contributed by atoms with Crippen LogP contribution in [0, 0.1) is 5.41 Å². The molecule has 1 atom stereocenters. The number of halogens is 1. The van der Waals surface area contributed by atoms with Crippen molar-refractivity contribution < 1.29 is 17.9 Å². The average molecular weight is 439 g/mol. The minimum atomic E-state index is -3.70. The fourth-order valence-electron chi connectivity index (χ4n) is 2.88. The van der Waals surface area contributed by atoms with Gasteiger partial charge in [0.1, 0.15) is 5.69 Å². The zero-order chi connectivity index (χ0) is 21.4. The molecule has 2 heterocycles. The summed E-state index contributed by atoms with van der Waals surface area (Å²) in [5, 5.41) is 13.8. The molecule has 29 heavy (non-hydrogen) atoms. The molecule has 0 saturated carbocycles. The maximum Gasteiger partial charge on any atom is 0.275 e. The van der Waals surface area contributed by atoms with Gasteiger partial charge in [-0.15, -0.1) is 0 Å². The molecule has 10 nitrogen and oxygen atoms in total. The Morgan fingerprint density at radius 2 is 2.10 bits per heavy atom. The van der Waals surface area contributed by atoms with E-state index in [4.69, 9.17) is 21.7 Å². The van der Waals surface area contributed by atoms with E-state index < -0.39 is 21.5 Å².